The van der Waals surface area contributed by atoms with Crippen LogP contribution in [0.4, 0.5) is 4.39 Å². The summed E-state index contributed by atoms with van der Waals surface area (Å²) < 4.78 is 12.8. The number of aliphatic hydroxyl groups excluding tert-OH is 1. The fourth-order valence-corrected chi connectivity index (χ4v) is 2.24. The van der Waals surface area contributed by atoms with Gasteiger partial charge >= 0.3 is 0 Å². The molecule has 5 heteroatoms. The minimum absolute atomic E-state index is 0.00306. The average molecular weight is 291 g/mol. The van der Waals surface area contributed by atoms with E-state index in [-0.39, 0.29) is 11.2 Å². The minimum Gasteiger partial charge on any atom is -0.387 e. The van der Waals surface area contributed by atoms with Crippen LogP contribution in [-0.4, -0.2) is 21.8 Å². The standard InChI is InChI=1S/C16H22FN3O/c1-16(2,3)15-12(9-19-20-15)8-18-10-14(21)11-4-6-13(17)7-5-11/h4-7,9,14,18,21H,8,10H2,1-3H3,(H,19,20)/t14-/m1/s1. The monoisotopic (exact) mass is 291 g/mol. The van der Waals surface area contributed by atoms with Crippen LogP contribution in [0.25, 0.3) is 0 Å². The van der Waals surface area contributed by atoms with Gasteiger partial charge < -0.3 is 10.4 Å². The number of nitrogens with one attached hydrogen (secondary N) is 2. The quantitative estimate of drug-likeness (QED) is 0.793. The Kier molecular flexibility index (Phi) is 4.75. The first-order valence-electron chi connectivity index (χ1n) is 7.05. The van der Waals surface area contributed by atoms with Crippen molar-refractivity contribution < 1.29 is 9.50 Å². The Hall–Kier alpha value is -1.72. The van der Waals surface area contributed by atoms with Crippen molar-refractivity contribution in [2.45, 2.75) is 38.8 Å². The van der Waals surface area contributed by atoms with Gasteiger partial charge in [0.15, 0.2) is 0 Å². The maximum absolute atomic E-state index is 12.8. The van der Waals surface area contributed by atoms with E-state index < -0.39 is 6.10 Å². The SMILES string of the molecule is CC(C)(C)c1[nH]ncc1CNC[C@@H](O)c1ccc(F)cc1. The highest BCUT2D eigenvalue weighted by Gasteiger charge is 2.19. The highest BCUT2D eigenvalue weighted by Crippen LogP contribution is 2.23. The van der Waals surface area contributed by atoms with Crippen LogP contribution in [0.1, 0.15) is 43.7 Å². The summed E-state index contributed by atoms with van der Waals surface area (Å²) in [5.74, 6) is -0.299. The van der Waals surface area contributed by atoms with E-state index in [9.17, 15) is 9.50 Å². The number of rotatable bonds is 5. The van der Waals surface area contributed by atoms with E-state index in [1.54, 1.807) is 18.3 Å². The largest absolute Gasteiger partial charge is 0.387 e. The first kappa shape index (κ1) is 15.7. The van der Waals surface area contributed by atoms with Crippen LogP contribution < -0.4 is 5.32 Å². The second-order valence-corrected chi connectivity index (χ2v) is 6.22. The smallest absolute Gasteiger partial charge is 0.123 e. The number of H-pyrrole nitrogens is 1. The molecule has 4 nitrogen and oxygen atoms in total. The van der Waals surface area contributed by atoms with Gasteiger partial charge in [-0.25, -0.2) is 4.39 Å². The number of hydrogen-bond donors (Lipinski definition) is 3. The number of hydrogen-bond acceptors (Lipinski definition) is 3. The average Bonchev–Trinajstić information content (AvgIpc) is 2.88. The number of halogens is 1. The van der Waals surface area contributed by atoms with Crippen molar-refractivity contribution in [3.8, 4) is 0 Å². The number of aliphatic hydroxyl groups is 1. The molecule has 2 aromatic rings. The van der Waals surface area contributed by atoms with Gasteiger partial charge in [0.2, 0.25) is 0 Å². The number of benzene rings is 1. The van der Waals surface area contributed by atoms with E-state index in [4.69, 9.17) is 0 Å². The third-order valence-electron chi connectivity index (χ3n) is 3.38. The molecule has 0 aliphatic carbocycles. The van der Waals surface area contributed by atoms with Crippen molar-refractivity contribution >= 4 is 0 Å². The van der Waals surface area contributed by atoms with E-state index in [0.717, 1.165) is 11.3 Å². The molecule has 0 saturated carbocycles. The summed E-state index contributed by atoms with van der Waals surface area (Å²) in [6, 6.07) is 5.90. The Bertz CT molecular complexity index is 572. The van der Waals surface area contributed by atoms with Gasteiger partial charge in [0, 0.05) is 29.8 Å². The third-order valence-corrected chi connectivity index (χ3v) is 3.38. The summed E-state index contributed by atoms with van der Waals surface area (Å²) in [5.41, 5.74) is 2.88. The topological polar surface area (TPSA) is 60.9 Å². The Balaban J connectivity index is 1.90. The predicted molar refractivity (Wildman–Crippen MR) is 80.4 cm³/mol. The molecule has 0 spiro atoms. The van der Waals surface area contributed by atoms with E-state index in [2.05, 4.69) is 36.3 Å². The molecule has 0 fully saturated rings. The maximum atomic E-state index is 12.8. The normalized spacial score (nSPS) is 13.4. The lowest BCUT2D eigenvalue weighted by molar-refractivity contribution is 0.174. The Morgan fingerprint density at radius 1 is 1.29 bits per heavy atom. The number of aromatic amines is 1. The molecule has 1 heterocycles. The fourth-order valence-electron chi connectivity index (χ4n) is 2.24. The number of nitrogens with zero attached hydrogens (tertiary/aromatic N) is 1. The number of aromatic nitrogens is 2. The van der Waals surface area contributed by atoms with Gasteiger partial charge in [-0.1, -0.05) is 32.9 Å². The molecule has 21 heavy (non-hydrogen) atoms. The van der Waals surface area contributed by atoms with E-state index in [1.807, 2.05) is 0 Å². The summed E-state index contributed by atoms with van der Waals surface area (Å²) in [6.45, 7) is 7.40. The van der Waals surface area contributed by atoms with Crippen LogP contribution in [0.3, 0.4) is 0 Å². The van der Waals surface area contributed by atoms with Crippen molar-refractivity contribution in [3.05, 3.63) is 53.1 Å². The molecule has 0 saturated heterocycles. The predicted octanol–water partition coefficient (Wildman–Crippen LogP) is 2.67. The second-order valence-electron chi connectivity index (χ2n) is 6.22. The molecule has 0 amide bonds. The molecule has 0 radical (unpaired) electrons. The van der Waals surface area contributed by atoms with Gasteiger partial charge in [-0.15, -0.1) is 0 Å². The molecule has 1 aromatic carbocycles. The van der Waals surface area contributed by atoms with Crippen LogP contribution in [-0.2, 0) is 12.0 Å². The highest BCUT2D eigenvalue weighted by molar-refractivity contribution is 5.23. The van der Waals surface area contributed by atoms with Gasteiger partial charge in [0.25, 0.3) is 0 Å². The van der Waals surface area contributed by atoms with Crippen LogP contribution >= 0.6 is 0 Å². The van der Waals surface area contributed by atoms with E-state index in [0.29, 0.717) is 18.7 Å². The lowest BCUT2D eigenvalue weighted by atomic mass is 9.89. The van der Waals surface area contributed by atoms with Gasteiger partial charge in [0.05, 0.1) is 12.3 Å². The lowest BCUT2D eigenvalue weighted by Crippen LogP contribution is -2.23. The zero-order chi connectivity index (χ0) is 15.5. The summed E-state index contributed by atoms with van der Waals surface area (Å²) in [5, 5.41) is 20.4. The van der Waals surface area contributed by atoms with Gasteiger partial charge in [-0.05, 0) is 17.7 Å². The van der Waals surface area contributed by atoms with Crippen molar-refractivity contribution in [2.75, 3.05) is 6.54 Å². The van der Waals surface area contributed by atoms with E-state index in [1.165, 1.54) is 12.1 Å². The highest BCUT2D eigenvalue weighted by atomic mass is 19.1. The Labute approximate surface area is 124 Å². The molecule has 2 rings (SSSR count). The van der Waals surface area contributed by atoms with Crippen molar-refractivity contribution in [3.63, 3.8) is 0 Å². The van der Waals surface area contributed by atoms with Gasteiger partial charge in [0.1, 0.15) is 5.82 Å². The second kappa shape index (κ2) is 6.37. The Morgan fingerprint density at radius 3 is 2.57 bits per heavy atom. The van der Waals surface area contributed by atoms with Crippen molar-refractivity contribution in [1.29, 1.82) is 0 Å². The molecule has 0 aliphatic heterocycles. The van der Waals surface area contributed by atoms with Crippen LogP contribution in [0.5, 0.6) is 0 Å². The molecule has 1 atom stereocenters. The van der Waals surface area contributed by atoms with Crippen LogP contribution in [0, 0.1) is 5.82 Å². The van der Waals surface area contributed by atoms with Crippen LogP contribution in [0.2, 0.25) is 0 Å². The molecule has 0 unspecified atom stereocenters. The zero-order valence-corrected chi connectivity index (χ0v) is 12.7. The molecular weight excluding hydrogens is 269 g/mol. The summed E-state index contributed by atoms with van der Waals surface area (Å²) in [7, 11) is 0. The first-order chi connectivity index (χ1) is 9.88. The molecule has 0 bridgehead atoms. The summed E-state index contributed by atoms with van der Waals surface area (Å²) in [4.78, 5) is 0. The lowest BCUT2D eigenvalue weighted by Gasteiger charge is -2.19. The van der Waals surface area contributed by atoms with Gasteiger partial charge in [-0.3, -0.25) is 5.10 Å². The molecule has 114 valence electrons. The zero-order valence-electron chi connectivity index (χ0n) is 12.7. The van der Waals surface area contributed by atoms with Gasteiger partial charge in [-0.2, -0.15) is 5.10 Å². The molecule has 0 aliphatic rings. The van der Waals surface area contributed by atoms with Crippen LogP contribution in [0.15, 0.2) is 30.5 Å². The summed E-state index contributed by atoms with van der Waals surface area (Å²) >= 11 is 0. The molecule has 1 aromatic heterocycles. The third kappa shape index (κ3) is 4.12. The fraction of sp³-hybridized carbons (Fsp3) is 0.438. The molecule has 3 N–H and O–H groups in total. The molecular formula is C16H22FN3O. The minimum atomic E-state index is -0.657. The Morgan fingerprint density at radius 2 is 1.95 bits per heavy atom. The first-order valence-corrected chi connectivity index (χ1v) is 7.05. The van der Waals surface area contributed by atoms with E-state index >= 15 is 0 Å². The summed E-state index contributed by atoms with van der Waals surface area (Å²) in [6.07, 6.45) is 1.15. The maximum Gasteiger partial charge on any atom is 0.123 e. The van der Waals surface area contributed by atoms with Crippen molar-refractivity contribution in [2.24, 2.45) is 0 Å². The van der Waals surface area contributed by atoms with Crippen molar-refractivity contribution in [1.82, 2.24) is 15.5 Å².